The fraction of sp³-hybridized carbons (Fsp3) is 0.118. The van der Waals surface area contributed by atoms with Crippen molar-refractivity contribution in [1.29, 1.82) is 0 Å². The molecule has 0 amide bonds. The predicted octanol–water partition coefficient (Wildman–Crippen LogP) is 4.53. The lowest BCUT2D eigenvalue weighted by Gasteiger charge is -2.12. The zero-order valence-corrected chi connectivity index (χ0v) is 12.0. The number of anilines is 1. The van der Waals surface area contributed by atoms with Gasteiger partial charge in [-0.15, -0.1) is 0 Å². The van der Waals surface area contributed by atoms with Gasteiger partial charge in [0, 0.05) is 12.1 Å². The fourth-order valence-corrected chi connectivity index (χ4v) is 2.05. The highest BCUT2D eigenvalue weighted by Crippen LogP contribution is 2.29. The van der Waals surface area contributed by atoms with Gasteiger partial charge in [0.25, 0.3) is 0 Å². The molecular weight excluding hydrogens is 283 g/mol. The third-order valence-corrected chi connectivity index (χ3v) is 3.05. The molecule has 1 N–H and O–H groups in total. The van der Waals surface area contributed by atoms with Crippen LogP contribution in [0.4, 0.5) is 10.1 Å². The molecule has 0 bridgehead atoms. The van der Waals surface area contributed by atoms with Crippen LogP contribution in [-0.2, 0) is 6.54 Å². The Balaban J connectivity index is 1.74. The van der Waals surface area contributed by atoms with Crippen LogP contribution < -0.4 is 10.1 Å². The number of aryl methyl sites for hydroxylation is 1. The Morgan fingerprint density at radius 3 is 2.77 bits per heavy atom. The molecule has 1 heterocycles. The average Bonchev–Trinajstić information content (AvgIpc) is 2.92. The second-order valence-corrected chi connectivity index (χ2v) is 4.84. The van der Waals surface area contributed by atoms with Crippen LogP contribution in [0, 0.1) is 12.7 Å². The Hall–Kier alpha value is -2.82. The molecule has 0 spiro atoms. The number of hydrogen-bond acceptors (Lipinski definition) is 4. The van der Waals surface area contributed by atoms with E-state index in [0.29, 0.717) is 18.0 Å². The number of benzene rings is 2. The van der Waals surface area contributed by atoms with Crippen LogP contribution in [0.2, 0.25) is 0 Å². The van der Waals surface area contributed by atoms with Gasteiger partial charge in [0.1, 0.15) is 23.0 Å². The van der Waals surface area contributed by atoms with Gasteiger partial charge in [-0.2, -0.15) is 0 Å². The van der Waals surface area contributed by atoms with Crippen LogP contribution in [-0.4, -0.2) is 5.16 Å². The van der Waals surface area contributed by atoms with Crippen molar-refractivity contribution in [2.45, 2.75) is 13.5 Å². The molecule has 0 saturated carbocycles. The summed E-state index contributed by atoms with van der Waals surface area (Å²) in [6, 6.07) is 15.4. The first-order chi connectivity index (χ1) is 10.7. The van der Waals surface area contributed by atoms with Crippen LogP contribution in [0.25, 0.3) is 0 Å². The lowest BCUT2D eigenvalue weighted by molar-refractivity contribution is 0.391. The van der Waals surface area contributed by atoms with Gasteiger partial charge < -0.3 is 14.6 Å². The maximum Gasteiger partial charge on any atom is 0.150 e. The van der Waals surface area contributed by atoms with Gasteiger partial charge >= 0.3 is 0 Å². The minimum absolute atomic E-state index is 0.332. The normalized spacial score (nSPS) is 10.5. The van der Waals surface area contributed by atoms with Crippen molar-refractivity contribution in [1.82, 2.24) is 5.16 Å². The van der Waals surface area contributed by atoms with E-state index in [1.165, 1.54) is 12.1 Å². The van der Waals surface area contributed by atoms with Gasteiger partial charge in [-0.05, 0) is 31.2 Å². The summed E-state index contributed by atoms with van der Waals surface area (Å²) in [6.45, 7) is 2.36. The summed E-state index contributed by atoms with van der Waals surface area (Å²) >= 11 is 0. The zero-order valence-electron chi connectivity index (χ0n) is 12.0. The molecule has 3 aromatic rings. The molecule has 0 aliphatic carbocycles. The van der Waals surface area contributed by atoms with E-state index in [0.717, 1.165) is 17.1 Å². The third kappa shape index (κ3) is 3.44. The number of para-hydroxylation sites is 2. The average molecular weight is 298 g/mol. The lowest BCUT2D eigenvalue weighted by atomic mass is 10.2. The molecule has 0 saturated heterocycles. The van der Waals surface area contributed by atoms with E-state index in [1.807, 2.05) is 37.3 Å². The van der Waals surface area contributed by atoms with Gasteiger partial charge in [-0.3, -0.25) is 0 Å². The van der Waals surface area contributed by atoms with Crippen LogP contribution >= 0.6 is 0 Å². The highest BCUT2D eigenvalue weighted by molar-refractivity contribution is 5.57. The molecule has 0 aliphatic heterocycles. The van der Waals surface area contributed by atoms with Crippen molar-refractivity contribution in [3.8, 4) is 11.5 Å². The molecule has 0 aliphatic rings. The SMILES string of the molecule is Cc1cc(CNc2ccccc2Oc2cccc(F)c2)no1. The molecule has 0 unspecified atom stereocenters. The molecule has 1 aromatic heterocycles. The Bertz CT molecular complexity index is 771. The predicted molar refractivity (Wildman–Crippen MR) is 81.5 cm³/mol. The first-order valence-corrected chi connectivity index (χ1v) is 6.89. The van der Waals surface area contributed by atoms with Gasteiger partial charge in [0.05, 0.1) is 12.2 Å². The van der Waals surface area contributed by atoms with Crippen molar-refractivity contribution in [3.63, 3.8) is 0 Å². The largest absolute Gasteiger partial charge is 0.455 e. The Morgan fingerprint density at radius 1 is 1.14 bits per heavy atom. The Kier molecular flexibility index (Phi) is 4.05. The summed E-state index contributed by atoms with van der Waals surface area (Å²) in [5.74, 6) is 1.50. The first-order valence-electron chi connectivity index (χ1n) is 6.89. The van der Waals surface area contributed by atoms with Gasteiger partial charge in [-0.1, -0.05) is 23.4 Å². The van der Waals surface area contributed by atoms with Crippen molar-refractivity contribution >= 4 is 5.69 Å². The number of halogens is 1. The van der Waals surface area contributed by atoms with E-state index in [9.17, 15) is 4.39 Å². The first kappa shape index (κ1) is 14.1. The van der Waals surface area contributed by atoms with E-state index in [4.69, 9.17) is 9.26 Å². The molecule has 0 fully saturated rings. The number of nitrogens with one attached hydrogen (secondary N) is 1. The Morgan fingerprint density at radius 2 is 2.00 bits per heavy atom. The van der Waals surface area contributed by atoms with Gasteiger partial charge in [0.15, 0.2) is 5.75 Å². The second-order valence-electron chi connectivity index (χ2n) is 4.84. The number of hydrogen-bond donors (Lipinski definition) is 1. The fourth-order valence-electron chi connectivity index (χ4n) is 2.05. The smallest absolute Gasteiger partial charge is 0.150 e. The molecular formula is C17H15FN2O2. The molecule has 112 valence electrons. The number of rotatable bonds is 5. The molecule has 4 nitrogen and oxygen atoms in total. The summed E-state index contributed by atoms with van der Waals surface area (Å²) in [6.07, 6.45) is 0. The lowest BCUT2D eigenvalue weighted by Crippen LogP contribution is -2.01. The summed E-state index contributed by atoms with van der Waals surface area (Å²) in [7, 11) is 0. The highest BCUT2D eigenvalue weighted by Gasteiger charge is 2.06. The van der Waals surface area contributed by atoms with E-state index >= 15 is 0 Å². The number of ether oxygens (including phenoxy) is 1. The number of aromatic nitrogens is 1. The maximum atomic E-state index is 13.2. The van der Waals surface area contributed by atoms with E-state index < -0.39 is 0 Å². The summed E-state index contributed by atoms with van der Waals surface area (Å²) in [5.41, 5.74) is 1.60. The van der Waals surface area contributed by atoms with Crippen LogP contribution in [0.5, 0.6) is 11.5 Å². The third-order valence-electron chi connectivity index (χ3n) is 3.05. The molecule has 5 heteroatoms. The topological polar surface area (TPSA) is 47.3 Å². The van der Waals surface area contributed by atoms with Gasteiger partial charge in [-0.25, -0.2) is 4.39 Å². The second kappa shape index (κ2) is 6.30. The quantitative estimate of drug-likeness (QED) is 0.752. The van der Waals surface area contributed by atoms with Crippen molar-refractivity contribution in [3.05, 3.63) is 71.9 Å². The van der Waals surface area contributed by atoms with Crippen molar-refractivity contribution in [2.24, 2.45) is 0 Å². The van der Waals surface area contributed by atoms with E-state index in [1.54, 1.807) is 12.1 Å². The van der Waals surface area contributed by atoms with E-state index in [-0.39, 0.29) is 5.82 Å². The van der Waals surface area contributed by atoms with Crippen LogP contribution in [0.1, 0.15) is 11.5 Å². The standard InChI is InChI=1S/C17H15FN2O2/c1-12-9-14(20-22-12)11-19-16-7-2-3-8-17(16)21-15-6-4-5-13(18)10-15/h2-10,19H,11H2,1H3. The minimum atomic E-state index is -0.332. The summed E-state index contributed by atoms with van der Waals surface area (Å²) in [4.78, 5) is 0. The molecule has 0 radical (unpaired) electrons. The van der Waals surface area contributed by atoms with Crippen molar-refractivity contribution < 1.29 is 13.7 Å². The Labute approximate surface area is 127 Å². The summed E-state index contributed by atoms with van der Waals surface area (Å²) < 4.78 is 24.0. The maximum absolute atomic E-state index is 13.2. The van der Waals surface area contributed by atoms with Gasteiger partial charge in [0.2, 0.25) is 0 Å². The molecule has 2 aromatic carbocycles. The van der Waals surface area contributed by atoms with E-state index in [2.05, 4.69) is 10.5 Å². The minimum Gasteiger partial charge on any atom is -0.455 e. The molecule has 3 rings (SSSR count). The molecule has 22 heavy (non-hydrogen) atoms. The van der Waals surface area contributed by atoms with Crippen molar-refractivity contribution in [2.75, 3.05) is 5.32 Å². The molecule has 0 atom stereocenters. The summed E-state index contributed by atoms with van der Waals surface area (Å²) in [5, 5.41) is 7.16. The monoisotopic (exact) mass is 298 g/mol. The van der Waals surface area contributed by atoms with Crippen LogP contribution in [0.3, 0.4) is 0 Å². The highest BCUT2D eigenvalue weighted by atomic mass is 19.1. The van der Waals surface area contributed by atoms with Crippen LogP contribution in [0.15, 0.2) is 59.1 Å². The number of nitrogens with zero attached hydrogens (tertiary/aromatic N) is 1. The zero-order chi connectivity index (χ0) is 15.4.